The highest BCUT2D eigenvalue weighted by Crippen LogP contribution is 2.45. The summed E-state index contributed by atoms with van der Waals surface area (Å²) in [5, 5.41) is 10.6. The van der Waals surface area contributed by atoms with Crippen LogP contribution in [0.25, 0.3) is 0 Å². The Hall–Kier alpha value is -1.94. The van der Waals surface area contributed by atoms with E-state index in [1.165, 1.54) is 212 Å². The molecule has 100 heavy (non-hydrogen) atoms. The second-order valence-electron chi connectivity index (χ2n) is 30.6. The molecule has 7 atom stereocenters. The first kappa shape index (κ1) is 98.1. The first-order chi connectivity index (χ1) is 48.2. The highest BCUT2D eigenvalue weighted by atomic mass is 31.2. The molecular formula is C81H158O17P2. The van der Waals surface area contributed by atoms with Gasteiger partial charge in [-0.05, 0) is 49.4 Å². The summed E-state index contributed by atoms with van der Waals surface area (Å²) in [4.78, 5) is 73.0. The van der Waals surface area contributed by atoms with Crippen molar-refractivity contribution in [2.24, 2.45) is 23.7 Å². The molecule has 0 aliphatic rings. The fourth-order valence-electron chi connectivity index (χ4n) is 12.4. The van der Waals surface area contributed by atoms with Crippen molar-refractivity contribution in [1.29, 1.82) is 0 Å². The fourth-order valence-corrected chi connectivity index (χ4v) is 13.9. The number of hydrogen-bond acceptors (Lipinski definition) is 15. The van der Waals surface area contributed by atoms with Gasteiger partial charge >= 0.3 is 39.5 Å². The second-order valence-corrected chi connectivity index (χ2v) is 33.5. The van der Waals surface area contributed by atoms with Crippen LogP contribution in [0.1, 0.15) is 415 Å². The van der Waals surface area contributed by atoms with Crippen molar-refractivity contribution in [3.63, 3.8) is 0 Å². The lowest BCUT2D eigenvalue weighted by molar-refractivity contribution is -0.161. The Bertz CT molecular complexity index is 1960. The number of ether oxygens (including phenoxy) is 4. The Labute approximate surface area is 613 Å². The van der Waals surface area contributed by atoms with Gasteiger partial charge in [0.15, 0.2) is 12.2 Å². The molecule has 19 heteroatoms. The van der Waals surface area contributed by atoms with Gasteiger partial charge in [-0.3, -0.25) is 37.3 Å². The van der Waals surface area contributed by atoms with Crippen LogP contribution in [0.4, 0.5) is 0 Å². The monoisotopic (exact) mass is 1470 g/mol. The van der Waals surface area contributed by atoms with E-state index in [4.69, 9.17) is 37.0 Å². The first-order valence-corrected chi connectivity index (χ1v) is 44.8. The molecule has 0 spiro atoms. The predicted molar refractivity (Wildman–Crippen MR) is 409 cm³/mol. The zero-order valence-corrected chi connectivity index (χ0v) is 67.6. The average molecular weight is 1470 g/mol. The third kappa shape index (κ3) is 71.7. The van der Waals surface area contributed by atoms with E-state index in [1.807, 2.05) is 0 Å². The van der Waals surface area contributed by atoms with Crippen molar-refractivity contribution in [3.05, 3.63) is 0 Å². The number of esters is 4. The lowest BCUT2D eigenvalue weighted by Crippen LogP contribution is -2.30. The van der Waals surface area contributed by atoms with Gasteiger partial charge in [0.2, 0.25) is 0 Å². The van der Waals surface area contributed by atoms with Gasteiger partial charge < -0.3 is 33.8 Å². The third-order valence-electron chi connectivity index (χ3n) is 19.5. The molecule has 0 radical (unpaired) electrons. The molecule has 0 fully saturated rings. The largest absolute Gasteiger partial charge is 0.472 e. The number of rotatable bonds is 78. The summed E-state index contributed by atoms with van der Waals surface area (Å²) < 4.78 is 68.7. The summed E-state index contributed by atoms with van der Waals surface area (Å²) in [6.07, 6.45) is 56.8. The van der Waals surface area contributed by atoms with Crippen LogP contribution in [0.3, 0.4) is 0 Å². The van der Waals surface area contributed by atoms with Crippen LogP contribution >= 0.6 is 15.6 Å². The number of aliphatic hydroxyl groups is 1. The predicted octanol–water partition coefficient (Wildman–Crippen LogP) is 24.0. The Kier molecular flexibility index (Phi) is 68.7. The Balaban J connectivity index is 5.25. The molecule has 0 aliphatic heterocycles. The minimum atomic E-state index is -4.96. The summed E-state index contributed by atoms with van der Waals surface area (Å²) in [5.41, 5.74) is 0. The van der Waals surface area contributed by atoms with Crippen LogP contribution in [0.2, 0.25) is 0 Å². The molecular weight excluding hydrogens is 1310 g/mol. The SMILES string of the molecule is CCC(C)CCCCCCCCCCCCC(=O)O[C@H](COC(=O)CCCCCCCCC(C)CC)COP(=O)(O)OC[C@H](O)COP(=O)(O)OC[C@@H](COC(=O)CCCCCCCCCCCCCCCCC(C)C)OC(=O)CCCCCCCCCCCCCCCCCCC(C)C. The lowest BCUT2D eigenvalue weighted by atomic mass is 9.99. The number of unbranched alkanes of at least 4 members (excludes halogenated alkanes) is 42. The van der Waals surface area contributed by atoms with E-state index >= 15 is 0 Å². The Morgan fingerprint density at radius 3 is 0.710 bits per heavy atom. The normalized spacial score (nSPS) is 14.6. The van der Waals surface area contributed by atoms with Crippen molar-refractivity contribution in [2.75, 3.05) is 39.6 Å². The highest BCUT2D eigenvalue weighted by Gasteiger charge is 2.30. The molecule has 0 saturated carbocycles. The van der Waals surface area contributed by atoms with Gasteiger partial charge in [-0.25, -0.2) is 9.13 Å². The lowest BCUT2D eigenvalue weighted by Gasteiger charge is -2.21. The van der Waals surface area contributed by atoms with E-state index in [0.717, 1.165) is 120 Å². The summed E-state index contributed by atoms with van der Waals surface area (Å²) in [6.45, 7) is 14.3. The minimum absolute atomic E-state index is 0.105. The maximum atomic E-state index is 13.1. The number of carbonyl (C=O) groups is 4. The molecule has 0 aromatic carbocycles. The molecule has 0 heterocycles. The zero-order chi connectivity index (χ0) is 73.8. The van der Waals surface area contributed by atoms with E-state index in [9.17, 15) is 43.2 Å². The van der Waals surface area contributed by atoms with Crippen molar-refractivity contribution in [2.45, 2.75) is 433 Å². The molecule has 0 rings (SSSR count). The Morgan fingerprint density at radius 1 is 0.280 bits per heavy atom. The van der Waals surface area contributed by atoms with E-state index in [-0.39, 0.29) is 25.7 Å². The quantitative estimate of drug-likeness (QED) is 0.0222. The number of hydrogen-bond donors (Lipinski definition) is 3. The molecule has 0 amide bonds. The molecule has 0 aliphatic carbocycles. The van der Waals surface area contributed by atoms with Crippen molar-refractivity contribution in [3.8, 4) is 0 Å². The summed E-state index contributed by atoms with van der Waals surface area (Å²) in [6, 6.07) is 0. The molecule has 17 nitrogen and oxygen atoms in total. The third-order valence-corrected chi connectivity index (χ3v) is 21.4. The molecule has 0 aromatic heterocycles. The van der Waals surface area contributed by atoms with Crippen LogP contribution in [0.15, 0.2) is 0 Å². The van der Waals surface area contributed by atoms with Crippen LogP contribution in [0.5, 0.6) is 0 Å². The number of carbonyl (C=O) groups excluding carboxylic acids is 4. The highest BCUT2D eigenvalue weighted by molar-refractivity contribution is 7.47. The van der Waals surface area contributed by atoms with E-state index in [2.05, 4.69) is 55.4 Å². The van der Waals surface area contributed by atoms with Gasteiger partial charge in [0.05, 0.1) is 26.4 Å². The van der Waals surface area contributed by atoms with Gasteiger partial charge in [-0.2, -0.15) is 0 Å². The van der Waals surface area contributed by atoms with Gasteiger partial charge in [-0.1, -0.05) is 364 Å². The van der Waals surface area contributed by atoms with Crippen LogP contribution < -0.4 is 0 Å². The van der Waals surface area contributed by atoms with Crippen LogP contribution in [-0.2, 0) is 65.4 Å². The van der Waals surface area contributed by atoms with Gasteiger partial charge in [0.1, 0.15) is 19.3 Å². The topological polar surface area (TPSA) is 237 Å². The first-order valence-electron chi connectivity index (χ1n) is 41.8. The van der Waals surface area contributed by atoms with Crippen LogP contribution in [-0.4, -0.2) is 96.7 Å². The number of aliphatic hydroxyl groups excluding tert-OH is 1. The van der Waals surface area contributed by atoms with Crippen molar-refractivity contribution >= 4 is 39.5 Å². The zero-order valence-electron chi connectivity index (χ0n) is 65.8. The fraction of sp³-hybridized carbons (Fsp3) is 0.951. The maximum Gasteiger partial charge on any atom is 0.472 e. The molecule has 0 bridgehead atoms. The maximum absolute atomic E-state index is 13.1. The van der Waals surface area contributed by atoms with Crippen molar-refractivity contribution in [1.82, 2.24) is 0 Å². The number of phosphoric acid groups is 2. The van der Waals surface area contributed by atoms with Gasteiger partial charge in [0.25, 0.3) is 0 Å². The summed E-state index contributed by atoms with van der Waals surface area (Å²) in [7, 11) is -9.92. The summed E-state index contributed by atoms with van der Waals surface area (Å²) in [5.74, 6) is 1.03. The number of phosphoric ester groups is 2. The van der Waals surface area contributed by atoms with E-state index in [1.54, 1.807) is 0 Å². The minimum Gasteiger partial charge on any atom is -0.462 e. The molecule has 0 aromatic rings. The van der Waals surface area contributed by atoms with Gasteiger partial charge in [-0.15, -0.1) is 0 Å². The molecule has 0 saturated heterocycles. The van der Waals surface area contributed by atoms with Crippen LogP contribution in [0, 0.1) is 23.7 Å². The average Bonchev–Trinajstić information content (AvgIpc) is 0.951. The van der Waals surface area contributed by atoms with E-state index in [0.29, 0.717) is 25.7 Å². The standard InChI is InChI=1S/C81H158O17P2/c1-9-73(7)59-51-43-35-29-25-26-32-38-48-56-64-81(86)98-77(68-92-79(84)62-54-46-40-39-44-52-60-74(8)10-2)70-96-100(89,90)94-66-75(82)65-93-99(87,88)95-69-76(67-91-78(83)61-53-45-36-30-23-19-16-15-18-22-28-34-42-50-58-72(5)6)97-80(85)63-55-47-37-31-24-20-14-12-11-13-17-21-27-33-41-49-57-71(3)4/h71-77,82H,9-70H2,1-8H3,(H,87,88)(H,89,90)/t73?,74?,75-,76-,77-/m1/s1. The van der Waals surface area contributed by atoms with Crippen molar-refractivity contribution < 1.29 is 80.2 Å². The second kappa shape index (κ2) is 70.1. The smallest absolute Gasteiger partial charge is 0.462 e. The molecule has 4 unspecified atom stereocenters. The van der Waals surface area contributed by atoms with E-state index < -0.39 is 97.5 Å². The summed E-state index contributed by atoms with van der Waals surface area (Å²) >= 11 is 0. The molecule has 3 N–H and O–H groups in total. The van der Waals surface area contributed by atoms with Gasteiger partial charge in [0, 0.05) is 25.7 Å². The molecule has 594 valence electrons. The Morgan fingerprint density at radius 2 is 0.480 bits per heavy atom.